The van der Waals surface area contributed by atoms with Crippen LogP contribution in [0.1, 0.15) is 38.2 Å². The van der Waals surface area contributed by atoms with E-state index in [0.29, 0.717) is 6.42 Å². The maximum Gasteiger partial charge on any atom is 0.306 e. The zero-order valence-electron chi connectivity index (χ0n) is 15.7. The average Bonchev–Trinajstić information content (AvgIpc) is 3.11. The summed E-state index contributed by atoms with van der Waals surface area (Å²) in [6.07, 6.45) is 6.77. The van der Waals surface area contributed by atoms with Gasteiger partial charge in [0.05, 0.1) is 13.5 Å². The smallest absolute Gasteiger partial charge is 0.306 e. The summed E-state index contributed by atoms with van der Waals surface area (Å²) >= 11 is 0. The van der Waals surface area contributed by atoms with Crippen molar-refractivity contribution >= 4 is 16.9 Å². The number of benzene rings is 1. The normalized spacial score (nSPS) is 17.5. The largest absolute Gasteiger partial charge is 0.487 e. The van der Waals surface area contributed by atoms with Gasteiger partial charge in [0.1, 0.15) is 17.4 Å². The molecule has 1 atom stereocenters. The Morgan fingerprint density at radius 1 is 1.38 bits per heavy atom. The number of carbonyl (C=O) groups is 1. The van der Waals surface area contributed by atoms with E-state index in [2.05, 4.69) is 35.0 Å². The SMILES string of the molecule is CCCCc1cc(O[C@@H]2CCN(CCC(=O)OC)C2)c2ncccc2c1. The first-order valence-electron chi connectivity index (χ1n) is 9.53. The van der Waals surface area contributed by atoms with Gasteiger partial charge in [0.15, 0.2) is 0 Å². The van der Waals surface area contributed by atoms with Crippen molar-refractivity contribution in [3.05, 3.63) is 36.0 Å². The van der Waals surface area contributed by atoms with Crippen LogP contribution in [0.2, 0.25) is 0 Å². The Labute approximate surface area is 155 Å². The molecular weight excluding hydrogens is 328 g/mol. The van der Waals surface area contributed by atoms with Crippen molar-refractivity contribution in [3.8, 4) is 5.75 Å². The third-order valence-electron chi connectivity index (χ3n) is 4.93. The standard InChI is InChI=1S/C21H28N2O3/c1-3-4-6-16-13-17-7-5-10-22-21(17)19(14-16)26-18-8-11-23(15-18)12-9-20(24)25-2/h5,7,10,13-14,18H,3-4,6,8-9,11-12,15H2,1-2H3/t18-/m1/s1. The van der Waals surface area contributed by atoms with Crippen molar-refractivity contribution in [2.75, 3.05) is 26.7 Å². The van der Waals surface area contributed by atoms with Gasteiger partial charge in [-0.1, -0.05) is 19.4 Å². The molecule has 5 heteroatoms. The second kappa shape index (κ2) is 8.99. The van der Waals surface area contributed by atoms with Crippen LogP contribution in [-0.2, 0) is 16.0 Å². The molecule has 1 saturated heterocycles. The van der Waals surface area contributed by atoms with Gasteiger partial charge in [-0.05, 0) is 43.0 Å². The first-order valence-corrected chi connectivity index (χ1v) is 9.53. The zero-order chi connectivity index (χ0) is 18.4. The third-order valence-corrected chi connectivity index (χ3v) is 4.93. The van der Waals surface area contributed by atoms with E-state index in [0.717, 1.165) is 49.1 Å². The van der Waals surface area contributed by atoms with E-state index in [9.17, 15) is 4.79 Å². The maximum atomic E-state index is 11.3. The Morgan fingerprint density at radius 2 is 2.27 bits per heavy atom. The highest BCUT2D eigenvalue weighted by Crippen LogP contribution is 2.29. The van der Waals surface area contributed by atoms with Crippen molar-refractivity contribution in [2.45, 2.75) is 45.1 Å². The number of hydrogen-bond acceptors (Lipinski definition) is 5. The Bertz CT molecular complexity index is 747. The van der Waals surface area contributed by atoms with Gasteiger partial charge in [-0.3, -0.25) is 14.7 Å². The van der Waals surface area contributed by atoms with Crippen LogP contribution < -0.4 is 4.74 Å². The van der Waals surface area contributed by atoms with Crippen molar-refractivity contribution in [1.29, 1.82) is 0 Å². The highest BCUT2D eigenvalue weighted by molar-refractivity contribution is 5.85. The fraction of sp³-hybridized carbons (Fsp3) is 0.524. The Kier molecular flexibility index (Phi) is 6.45. The summed E-state index contributed by atoms with van der Waals surface area (Å²) in [6.45, 7) is 4.72. The number of pyridine rings is 1. The third kappa shape index (κ3) is 4.73. The molecule has 0 saturated carbocycles. The molecule has 1 aromatic carbocycles. The molecule has 26 heavy (non-hydrogen) atoms. The Hall–Kier alpha value is -2.14. The van der Waals surface area contributed by atoms with Crippen LogP contribution in [0.4, 0.5) is 0 Å². The summed E-state index contributed by atoms with van der Waals surface area (Å²) in [5.74, 6) is 0.724. The molecule has 3 rings (SSSR count). The van der Waals surface area contributed by atoms with Gasteiger partial charge in [0.25, 0.3) is 0 Å². The number of ether oxygens (including phenoxy) is 2. The Balaban J connectivity index is 1.69. The molecule has 1 aliphatic heterocycles. The number of rotatable bonds is 8. The molecular formula is C21H28N2O3. The minimum Gasteiger partial charge on any atom is -0.487 e. The van der Waals surface area contributed by atoms with Crippen LogP contribution >= 0.6 is 0 Å². The molecule has 0 N–H and O–H groups in total. The van der Waals surface area contributed by atoms with E-state index in [1.807, 2.05) is 12.3 Å². The predicted octanol–water partition coefficient (Wildman–Crippen LogP) is 3.59. The number of carbonyl (C=O) groups excluding carboxylic acids is 1. The van der Waals surface area contributed by atoms with Gasteiger partial charge in [-0.2, -0.15) is 0 Å². The molecule has 2 aromatic rings. The van der Waals surface area contributed by atoms with Crippen LogP contribution in [0.3, 0.4) is 0 Å². The lowest BCUT2D eigenvalue weighted by molar-refractivity contribution is -0.140. The number of esters is 1. The number of unbranched alkanes of at least 4 members (excludes halogenated alkanes) is 1. The molecule has 0 unspecified atom stereocenters. The zero-order valence-corrected chi connectivity index (χ0v) is 15.7. The van der Waals surface area contributed by atoms with Gasteiger partial charge in [-0.25, -0.2) is 0 Å². The monoisotopic (exact) mass is 356 g/mol. The quantitative estimate of drug-likeness (QED) is 0.677. The molecule has 5 nitrogen and oxygen atoms in total. The fourth-order valence-corrected chi connectivity index (χ4v) is 3.46. The van der Waals surface area contributed by atoms with Gasteiger partial charge < -0.3 is 9.47 Å². The Morgan fingerprint density at radius 3 is 3.08 bits per heavy atom. The first kappa shape index (κ1) is 18.6. The van der Waals surface area contributed by atoms with Gasteiger partial charge in [-0.15, -0.1) is 0 Å². The lowest BCUT2D eigenvalue weighted by atomic mass is 10.0. The number of hydrogen-bond donors (Lipinski definition) is 0. The van der Waals surface area contributed by atoms with Crippen molar-refractivity contribution in [3.63, 3.8) is 0 Å². The minimum absolute atomic E-state index is 0.138. The van der Waals surface area contributed by atoms with Gasteiger partial charge in [0, 0.05) is 31.2 Å². The van der Waals surface area contributed by atoms with Crippen molar-refractivity contribution < 1.29 is 14.3 Å². The second-order valence-electron chi connectivity index (χ2n) is 6.93. The molecule has 0 aliphatic carbocycles. The average molecular weight is 356 g/mol. The molecule has 1 aliphatic rings. The highest BCUT2D eigenvalue weighted by atomic mass is 16.5. The first-order chi connectivity index (χ1) is 12.7. The molecule has 1 fully saturated rings. The van der Waals surface area contributed by atoms with Crippen LogP contribution in [0, 0.1) is 0 Å². The number of likely N-dealkylation sites (tertiary alicyclic amines) is 1. The predicted molar refractivity (Wildman–Crippen MR) is 102 cm³/mol. The van der Waals surface area contributed by atoms with Gasteiger partial charge in [0.2, 0.25) is 0 Å². The number of nitrogens with zero attached hydrogens (tertiary/aromatic N) is 2. The van der Waals surface area contributed by atoms with Crippen LogP contribution in [0.5, 0.6) is 5.75 Å². The maximum absolute atomic E-state index is 11.3. The molecule has 2 heterocycles. The van der Waals surface area contributed by atoms with Crippen LogP contribution in [0.15, 0.2) is 30.5 Å². The van der Waals surface area contributed by atoms with Crippen LogP contribution in [-0.4, -0.2) is 48.7 Å². The number of methoxy groups -OCH3 is 1. The summed E-state index contributed by atoms with van der Waals surface area (Å²) in [5.41, 5.74) is 2.24. The lowest BCUT2D eigenvalue weighted by Gasteiger charge is -2.18. The summed E-state index contributed by atoms with van der Waals surface area (Å²) in [6, 6.07) is 8.45. The minimum atomic E-state index is -0.159. The van der Waals surface area contributed by atoms with Crippen LogP contribution in [0.25, 0.3) is 10.9 Å². The van der Waals surface area contributed by atoms with E-state index in [-0.39, 0.29) is 12.1 Å². The van der Waals surface area contributed by atoms with E-state index in [1.165, 1.54) is 25.5 Å². The summed E-state index contributed by atoms with van der Waals surface area (Å²) in [5, 5.41) is 1.14. The summed E-state index contributed by atoms with van der Waals surface area (Å²) in [7, 11) is 1.43. The molecule has 1 aromatic heterocycles. The van der Waals surface area contributed by atoms with E-state index < -0.39 is 0 Å². The summed E-state index contributed by atoms with van der Waals surface area (Å²) in [4.78, 5) is 18.1. The number of aryl methyl sites for hydroxylation is 1. The van der Waals surface area contributed by atoms with E-state index in [4.69, 9.17) is 9.47 Å². The fourth-order valence-electron chi connectivity index (χ4n) is 3.46. The highest BCUT2D eigenvalue weighted by Gasteiger charge is 2.25. The number of fused-ring (bicyclic) bond motifs is 1. The molecule has 0 spiro atoms. The molecule has 0 radical (unpaired) electrons. The van der Waals surface area contributed by atoms with Gasteiger partial charge >= 0.3 is 5.97 Å². The second-order valence-corrected chi connectivity index (χ2v) is 6.93. The lowest BCUT2D eigenvalue weighted by Crippen LogP contribution is -2.27. The topological polar surface area (TPSA) is 51.7 Å². The van der Waals surface area contributed by atoms with E-state index in [1.54, 1.807) is 0 Å². The summed E-state index contributed by atoms with van der Waals surface area (Å²) < 4.78 is 11.1. The van der Waals surface area contributed by atoms with E-state index >= 15 is 0 Å². The molecule has 0 amide bonds. The molecule has 0 bridgehead atoms. The molecule has 140 valence electrons. The van der Waals surface area contributed by atoms with Crippen molar-refractivity contribution in [1.82, 2.24) is 9.88 Å². The van der Waals surface area contributed by atoms with Crippen molar-refractivity contribution in [2.24, 2.45) is 0 Å². The number of aromatic nitrogens is 1.